The second-order valence-electron chi connectivity index (χ2n) is 7.63. The van der Waals surface area contributed by atoms with E-state index in [2.05, 4.69) is 10.5 Å². The van der Waals surface area contributed by atoms with Crippen LogP contribution < -0.4 is 14.9 Å². The lowest BCUT2D eigenvalue weighted by Crippen LogP contribution is -2.50. The standard InChI is InChI=1S/C23H30N4O5S/c1-4-32-21-10-7-19(15-22(21)31-3)16-24-25-23(28)17-26-11-13-27(14-12-26)33(29,30)20-8-5-18(2)6-9-20/h5-10,15-16H,4,11-14,17H2,1-3H3,(H,25,28). The molecule has 1 aliphatic heterocycles. The fraction of sp³-hybridized carbons (Fsp3) is 0.391. The minimum atomic E-state index is -3.52. The lowest BCUT2D eigenvalue weighted by atomic mass is 10.2. The van der Waals surface area contributed by atoms with Crippen molar-refractivity contribution in [3.8, 4) is 11.5 Å². The van der Waals surface area contributed by atoms with Gasteiger partial charge in [-0.1, -0.05) is 17.7 Å². The highest BCUT2D eigenvalue weighted by molar-refractivity contribution is 7.89. The summed E-state index contributed by atoms with van der Waals surface area (Å²) in [6.45, 7) is 6.09. The van der Waals surface area contributed by atoms with Gasteiger partial charge in [0.25, 0.3) is 5.91 Å². The largest absolute Gasteiger partial charge is 0.493 e. The summed E-state index contributed by atoms with van der Waals surface area (Å²) in [5, 5.41) is 4.01. The lowest BCUT2D eigenvalue weighted by Gasteiger charge is -2.33. The summed E-state index contributed by atoms with van der Waals surface area (Å²) >= 11 is 0. The number of hydrogen-bond acceptors (Lipinski definition) is 7. The summed E-state index contributed by atoms with van der Waals surface area (Å²) < 4.78 is 37.8. The van der Waals surface area contributed by atoms with Crippen molar-refractivity contribution in [3.63, 3.8) is 0 Å². The molecule has 2 aromatic carbocycles. The molecule has 1 amide bonds. The minimum absolute atomic E-state index is 0.141. The maximum atomic E-state index is 12.8. The second kappa shape index (κ2) is 11.3. The molecular weight excluding hydrogens is 444 g/mol. The average molecular weight is 475 g/mol. The van der Waals surface area contributed by atoms with Crippen molar-refractivity contribution in [1.29, 1.82) is 0 Å². The predicted molar refractivity (Wildman–Crippen MR) is 126 cm³/mol. The van der Waals surface area contributed by atoms with E-state index in [4.69, 9.17) is 9.47 Å². The summed E-state index contributed by atoms with van der Waals surface area (Å²) in [6.07, 6.45) is 1.53. The predicted octanol–water partition coefficient (Wildman–Crippen LogP) is 1.86. The van der Waals surface area contributed by atoms with E-state index in [1.807, 2.05) is 24.8 Å². The number of hydrogen-bond donors (Lipinski definition) is 1. The zero-order chi connectivity index (χ0) is 23.8. The first-order valence-corrected chi connectivity index (χ1v) is 12.2. The van der Waals surface area contributed by atoms with Gasteiger partial charge in [0.15, 0.2) is 11.5 Å². The summed E-state index contributed by atoms with van der Waals surface area (Å²) in [4.78, 5) is 14.5. The Hall–Kier alpha value is -2.95. The van der Waals surface area contributed by atoms with E-state index < -0.39 is 10.0 Å². The van der Waals surface area contributed by atoms with Crippen molar-refractivity contribution in [2.45, 2.75) is 18.7 Å². The number of methoxy groups -OCH3 is 1. The molecule has 33 heavy (non-hydrogen) atoms. The van der Waals surface area contributed by atoms with Crippen LogP contribution in [0.15, 0.2) is 52.5 Å². The summed E-state index contributed by atoms with van der Waals surface area (Å²) in [7, 11) is -1.96. The molecule has 0 atom stereocenters. The van der Waals surface area contributed by atoms with Gasteiger partial charge < -0.3 is 9.47 Å². The molecular formula is C23H30N4O5S. The zero-order valence-corrected chi connectivity index (χ0v) is 20.0. The number of sulfonamides is 1. The Balaban J connectivity index is 1.48. The molecule has 178 valence electrons. The number of nitrogens with one attached hydrogen (secondary N) is 1. The Morgan fingerprint density at radius 3 is 2.42 bits per heavy atom. The van der Waals surface area contributed by atoms with Crippen LogP contribution in [0, 0.1) is 6.92 Å². The fourth-order valence-electron chi connectivity index (χ4n) is 3.44. The molecule has 10 heteroatoms. The smallest absolute Gasteiger partial charge is 0.254 e. The van der Waals surface area contributed by atoms with Crippen LogP contribution in [-0.2, 0) is 14.8 Å². The number of rotatable bonds is 9. The first-order chi connectivity index (χ1) is 15.8. The van der Waals surface area contributed by atoms with Gasteiger partial charge in [-0.3, -0.25) is 9.69 Å². The van der Waals surface area contributed by atoms with Crippen molar-refractivity contribution in [1.82, 2.24) is 14.6 Å². The minimum Gasteiger partial charge on any atom is -0.493 e. The molecule has 1 fully saturated rings. The van der Waals surface area contributed by atoms with Gasteiger partial charge in [0.05, 0.1) is 31.4 Å². The van der Waals surface area contributed by atoms with E-state index in [1.54, 1.807) is 43.5 Å². The van der Waals surface area contributed by atoms with Crippen molar-refractivity contribution in [2.75, 3.05) is 46.4 Å². The third kappa shape index (κ3) is 6.53. The molecule has 0 saturated carbocycles. The molecule has 2 aromatic rings. The SMILES string of the molecule is CCOc1ccc(C=NNC(=O)CN2CCN(S(=O)(=O)c3ccc(C)cc3)CC2)cc1OC. The van der Waals surface area contributed by atoms with Crippen LogP contribution >= 0.6 is 0 Å². The normalized spacial score (nSPS) is 15.5. The number of amides is 1. The molecule has 9 nitrogen and oxygen atoms in total. The number of benzene rings is 2. The van der Waals surface area contributed by atoms with E-state index in [9.17, 15) is 13.2 Å². The van der Waals surface area contributed by atoms with Crippen molar-refractivity contribution >= 4 is 22.1 Å². The number of carbonyl (C=O) groups is 1. The molecule has 0 unspecified atom stereocenters. The first-order valence-electron chi connectivity index (χ1n) is 10.8. The maximum Gasteiger partial charge on any atom is 0.254 e. The fourth-order valence-corrected chi connectivity index (χ4v) is 4.87. The van der Waals surface area contributed by atoms with Gasteiger partial charge in [-0.2, -0.15) is 9.41 Å². The Morgan fingerprint density at radius 1 is 1.09 bits per heavy atom. The van der Waals surface area contributed by atoms with Crippen LogP contribution in [0.3, 0.4) is 0 Å². The van der Waals surface area contributed by atoms with Crippen molar-refractivity contribution < 1.29 is 22.7 Å². The van der Waals surface area contributed by atoms with E-state index >= 15 is 0 Å². The van der Waals surface area contributed by atoms with Crippen LogP contribution in [0.2, 0.25) is 0 Å². The highest BCUT2D eigenvalue weighted by Crippen LogP contribution is 2.27. The van der Waals surface area contributed by atoms with Gasteiger partial charge in [0.2, 0.25) is 10.0 Å². The van der Waals surface area contributed by atoms with E-state index in [0.29, 0.717) is 49.2 Å². The number of hydrazone groups is 1. The molecule has 1 aliphatic rings. The number of nitrogens with zero attached hydrogens (tertiary/aromatic N) is 3. The third-order valence-electron chi connectivity index (χ3n) is 5.25. The highest BCUT2D eigenvalue weighted by Gasteiger charge is 2.28. The Labute approximate surface area is 195 Å². The van der Waals surface area contributed by atoms with Gasteiger partial charge in [0.1, 0.15) is 0 Å². The average Bonchev–Trinajstić information content (AvgIpc) is 2.80. The van der Waals surface area contributed by atoms with Crippen molar-refractivity contribution in [2.24, 2.45) is 5.10 Å². The molecule has 0 aromatic heterocycles. The van der Waals surface area contributed by atoms with Gasteiger partial charge in [-0.05, 0) is 49.7 Å². The topological polar surface area (TPSA) is 101 Å². The molecule has 0 bridgehead atoms. The Kier molecular flexibility index (Phi) is 8.43. The van der Waals surface area contributed by atoms with Crippen molar-refractivity contribution in [3.05, 3.63) is 53.6 Å². The molecule has 0 spiro atoms. The summed E-state index contributed by atoms with van der Waals surface area (Å²) in [5.74, 6) is 0.967. The number of carbonyl (C=O) groups excluding carboxylic acids is 1. The summed E-state index contributed by atoms with van der Waals surface area (Å²) in [5.41, 5.74) is 4.28. The number of piperazine rings is 1. The molecule has 0 aliphatic carbocycles. The van der Waals surface area contributed by atoms with Crippen LogP contribution in [0.4, 0.5) is 0 Å². The van der Waals surface area contributed by atoms with E-state index in [-0.39, 0.29) is 12.5 Å². The van der Waals surface area contributed by atoms with Crippen LogP contribution in [-0.4, -0.2) is 76.2 Å². The quantitative estimate of drug-likeness (QED) is 0.440. The molecule has 3 rings (SSSR count). The van der Waals surface area contributed by atoms with Crippen LogP contribution in [0.1, 0.15) is 18.1 Å². The van der Waals surface area contributed by atoms with Crippen LogP contribution in [0.5, 0.6) is 11.5 Å². The maximum absolute atomic E-state index is 12.8. The van der Waals surface area contributed by atoms with Gasteiger partial charge in [0, 0.05) is 26.2 Å². The number of aryl methyl sites for hydroxylation is 1. The zero-order valence-electron chi connectivity index (χ0n) is 19.2. The lowest BCUT2D eigenvalue weighted by molar-refractivity contribution is -0.122. The van der Waals surface area contributed by atoms with Gasteiger partial charge in [-0.25, -0.2) is 13.8 Å². The molecule has 0 radical (unpaired) electrons. The number of ether oxygens (including phenoxy) is 2. The first kappa shape index (κ1) is 24.7. The summed E-state index contributed by atoms with van der Waals surface area (Å²) in [6, 6.07) is 12.2. The third-order valence-corrected chi connectivity index (χ3v) is 7.16. The van der Waals surface area contributed by atoms with E-state index in [0.717, 1.165) is 11.1 Å². The van der Waals surface area contributed by atoms with E-state index in [1.165, 1.54) is 10.5 Å². The second-order valence-corrected chi connectivity index (χ2v) is 9.57. The highest BCUT2D eigenvalue weighted by atomic mass is 32.2. The van der Waals surface area contributed by atoms with Gasteiger partial charge in [-0.15, -0.1) is 0 Å². The monoisotopic (exact) mass is 474 g/mol. The molecule has 1 saturated heterocycles. The van der Waals surface area contributed by atoms with Gasteiger partial charge >= 0.3 is 0 Å². The Bertz CT molecular complexity index is 1080. The van der Waals surface area contributed by atoms with Crippen LogP contribution in [0.25, 0.3) is 0 Å². The molecule has 1 N–H and O–H groups in total. The Morgan fingerprint density at radius 2 is 1.79 bits per heavy atom. The molecule has 1 heterocycles.